The van der Waals surface area contributed by atoms with E-state index in [2.05, 4.69) is 50.6 Å². The highest BCUT2D eigenvalue weighted by Crippen LogP contribution is 2.27. The summed E-state index contributed by atoms with van der Waals surface area (Å²) in [6, 6.07) is 6.44. The lowest BCUT2D eigenvalue weighted by atomic mass is 9.87. The van der Waals surface area contributed by atoms with Crippen LogP contribution in [0.2, 0.25) is 0 Å². The lowest BCUT2D eigenvalue weighted by Gasteiger charge is -2.34. The third-order valence-corrected chi connectivity index (χ3v) is 4.36. The maximum Gasteiger partial charge on any atom is 0.115 e. The van der Waals surface area contributed by atoms with Crippen molar-refractivity contribution in [2.45, 2.75) is 38.6 Å². The second-order valence-electron chi connectivity index (χ2n) is 5.21. The van der Waals surface area contributed by atoms with Crippen LogP contribution in [0, 0.1) is 0 Å². The van der Waals surface area contributed by atoms with Gasteiger partial charge in [-0.1, -0.05) is 41.7 Å². The Balaban J connectivity index is 2.09. The maximum absolute atomic E-state index is 9.63. The zero-order valence-corrected chi connectivity index (χ0v) is 13.6. The van der Waals surface area contributed by atoms with E-state index in [9.17, 15) is 5.11 Å². The van der Waals surface area contributed by atoms with Gasteiger partial charge in [0.15, 0.2) is 0 Å². The van der Waals surface area contributed by atoms with E-state index in [1.807, 2.05) is 12.1 Å². The summed E-state index contributed by atoms with van der Waals surface area (Å²) in [6.45, 7) is 4.43. The van der Waals surface area contributed by atoms with Crippen LogP contribution in [0.15, 0.2) is 28.4 Å². The van der Waals surface area contributed by atoms with Gasteiger partial charge >= 0.3 is 0 Å². The Morgan fingerprint density at radius 3 is 3.00 bits per heavy atom. The predicted molar refractivity (Wildman–Crippen MR) is 88.9 cm³/mol. The molecule has 0 aromatic heterocycles. The van der Waals surface area contributed by atoms with Crippen LogP contribution >= 0.6 is 22.6 Å². The molecular formula is C16H22INO. The quantitative estimate of drug-likeness (QED) is 0.794. The molecule has 3 heteroatoms. The number of nitrogens with zero attached hydrogens (tertiary/aromatic N) is 1. The van der Waals surface area contributed by atoms with E-state index in [-0.39, 0.29) is 0 Å². The Bertz CT molecular complexity index is 444. The number of hydrogen-bond donors (Lipinski definition) is 1. The summed E-state index contributed by atoms with van der Waals surface area (Å²) in [7, 11) is 0. The molecule has 1 atom stereocenters. The molecule has 1 N–H and O–H groups in total. The van der Waals surface area contributed by atoms with Crippen LogP contribution in [-0.2, 0) is 12.8 Å². The molecular weight excluding hydrogens is 349 g/mol. The van der Waals surface area contributed by atoms with Crippen molar-refractivity contribution in [2.24, 2.45) is 0 Å². The summed E-state index contributed by atoms with van der Waals surface area (Å²) in [4.78, 5) is 2.57. The molecule has 2 nitrogen and oxygen atoms in total. The lowest BCUT2D eigenvalue weighted by Crippen LogP contribution is -2.39. The first kappa shape index (κ1) is 14.9. The second kappa shape index (κ2) is 7.29. The average Bonchev–Trinajstić information content (AvgIpc) is 2.42. The molecule has 0 saturated carbocycles. The van der Waals surface area contributed by atoms with Crippen molar-refractivity contribution < 1.29 is 5.11 Å². The van der Waals surface area contributed by atoms with Gasteiger partial charge in [-0.25, -0.2) is 0 Å². The van der Waals surface area contributed by atoms with Crippen LogP contribution in [0.4, 0.5) is 0 Å². The van der Waals surface area contributed by atoms with Gasteiger partial charge in [-0.15, -0.1) is 0 Å². The molecule has 0 unspecified atom stereocenters. The van der Waals surface area contributed by atoms with Gasteiger partial charge in [-0.05, 0) is 59.6 Å². The zero-order chi connectivity index (χ0) is 13.7. The molecule has 0 aliphatic heterocycles. The van der Waals surface area contributed by atoms with Crippen LogP contribution in [0.5, 0.6) is 5.75 Å². The van der Waals surface area contributed by atoms with E-state index in [0.717, 1.165) is 25.9 Å². The van der Waals surface area contributed by atoms with E-state index in [1.165, 1.54) is 24.0 Å². The third kappa shape index (κ3) is 3.96. The summed E-state index contributed by atoms with van der Waals surface area (Å²) in [5, 5.41) is 9.63. The number of hydrogen-bond acceptors (Lipinski definition) is 2. The number of aromatic hydroxyl groups is 1. The van der Waals surface area contributed by atoms with Crippen LogP contribution < -0.4 is 0 Å². The molecule has 0 bridgehead atoms. The minimum absolute atomic E-state index is 0.397. The van der Waals surface area contributed by atoms with E-state index >= 15 is 0 Å². The summed E-state index contributed by atoms with van der Waals surface area (Å²) in [5.74, 6) is 0.397. The smallest absolute Gasteiger partial charge is 0.115 e. The molecule has 1 aromatic rings. The number of phenolic OH excluding ortho intramolecular Hbond substituents is 1. The van der Waals surface area contributed by atoms with Crippen molar-refractivity contribution in [1.82, 2.24) is 4.90 Å². The summed E-state index contributed by atoms with van der Waals surface area (Å²) in [5.41, 5.74) is 2.74. The van der Waals surface area contributed by atoms with Crippen LogP contribution in [0.1, 0.15) is 30.9 Å². The molecule has 1 aliphatic rings. The first-order valence-corrected chi connectivity index (χ1v) is 8.29. The fourth-order valence-corrected chi connectivity index (χ4v) is 3.15. The van der Waals surface area contributed by atoms with Gasteiger partial charge in [0.1, 0.15) is 5.75 Å². The highest BCUT2D eigenvalue weighted by molar-refractivity contribution is 14.1. The number of halogens is 1. The van der Waals surface area contributed by atoms with Gasteiger partial charge in [0, 0.05) is 12.6 Å². The fourth-order valence-electron chi connectivity index (χ4n) is 2.92. The van der Waals surface area contributed by atoms with E-state index in [1.54, 1.807) is 0 Å². The van der Waals surface area contributed by atoms with Crippen molar-refractivity contribution in [1.29, 1.82) is 0 Å². The molecule has 2 rings (SSSR count). The van der Waals surface area contributed by atoms with Crippen molar-refractivity contribution >= 4 is 22.6 Å². The maximum atomic E-state index is 9.63. The molecule has 1 aliphatic carbocycles. The Kier molecular flexibility index (Phi) is 5.70. The number of aryl methyl sites for hydroxylation is 1. The van der Waals surface area contributed by atoms with Crippen LogP contribution in [0.3, 0.4) is 0 Å². The first-order chi connectivity index (χ1) is 9.24. The Hall–Kier alpha value is -0.550. The topological polar surface area (TPSA) is 23.5 Å². The highest BCUT2D eigenvalue weighted by Gasteiger charge is 2.23. The SMILES string of the molecule is CCCN(C/C=C/I)[C@@H]1CCc2ccc(O)cc2C1. The van der Waals surface area contributed by atoms with Gasteiger partial charge in [-0.3, -0.25) is 4.90 Å². The van der Waals surface area contributed by atoms with Gasteiger partial charge < -0.3 is 5.11 Å². The lowest BCUT2D eigenvalue weighted by molar-refractivity contribution is 0.199. The molecule has 0 heterocycles. The molecule has 104 valence electrons. The van der Waals surface area contributed by atoms with Crippen molar-refractivity contribution in [3.05, 3.63) is 39.5 Å². The molecule has 1 aromatic carbocycles. The second-order valence-corrected chi connectivity index (χ2v) is 5.93. The Morgan fingerprint density at radius 1 is 1.42 bits per heavy atom. The number of fused-ring (bicyclic) bond motifs is 1. The molecule has 0 saturated heterocycles. The third-order valence-electron chi connectivity index (χ3n) is 3.85. The highest BCUT2D eigenvalue weighted by atomic mass is 127. The van der Waals surface area contributed by atoms with Gasteiger partial charge in [0.05, 0.1) is 0 Å². The van der Waals surface area contributed by atoms with Crippen molar-refractivity contribution in [3.8, 4) is 5.75 Å². The molecule has 0 radical (unpaired) electrons. The van der Waals surface area contributed by atoms with E-state index in [4.69, 9.17) is 0 Å². The minimum Gasteiger partial charge on any atom is -0.508 e. The fraction of sp³-hybridized carbons (Fsp3) is 0.500. The average molecular weight is 371 g/mol. The molecule has 19 heavy (non-hydrogen) atoms. The van der Waals surface area contributed by atoms with Crippen molar-refractivity contribution in [3.63, 3.8) is 0 Å². The molecule has 0 fully saturated rings. The van der Waals surface area contributed by atoms with Crippen molar-refractivity contribution in [2.75, 3.05) is 13.1 Å². The Morgan fingerprint density at radius 2 is 2.26 bits per heavy atom. The number of benzene rings is 1. The molecule has 0 amide bonds. The van der Waals surface area contributed by atoms with E-state index < -0.39 is 0 Å². The first-order valence-electron chi connectivity index (χ1n) is 7.04. The zero-order valence-electron chi connectivity index (χ0n) is 11.5. The molecule has 0 spiro atoms. The van der Waals surface area contributed by atoms with Gasteiger partial charge in [0.25, 0.3) is 0 Å². The standard InChI is InChI=1S/C16H22INO/c1-2-9-18(10-3-8-17)15-6-4-13-5-7-16(19)12-14(13)11-15/h3,5,7-8,12,15,19H,2,4,6,9-11H2,1H3/b8-3+/t15-/m1/s1. The summed E-state index contributed by atoms with van der Waals surface area (Å²) >= 11 is 2.28. The monoisotopic (exact) mass is 371 g/mol. The van der Waals surface area contributed by atoms with Crippen LogP contribution in [0.25, 0.3) is 0 Å². The van der Waals surface area contributed by atoms with Gasteiger partial charge in [-0.2, -0.15) is 0 Å². The van der Waals surface area contributed by atoms with Crippen LogP contribution in [-0.4, -0.2) is 29.1 Å². The normalized spacial score (nSPS) is 19.0. The summed E-state index contributed by atoms with van der Waals surface area (Å²) < 4.78 is 2.10. The number of rotatable bonds is 5. The predicted octanol–water partition coefficient (Wildman–Crippen LogP) is 3.91. The number of phenols is 1. The van der Waals surface area contributed by atoms with E-state index in [0.29, 0.717) is 11.8 Å². The largest absolute Gasteiger partial charge is 0.508 e. The summed E-state index contributed by atoms with van der Waals surface area (Å²) in [6.07, 6.45) is 6.85. The Labute approximate surface area is 129 Å². The minimum atomic E-state index is 0.397. The van der Waals surface area contributed by atoms with Gasteiger partial charge in [0.2, 0.25) is 0 Å².